The maximum absolute atomic E-state index is 5.88. The molecule has 1 rings (SSSR count). The van der Waals surface area contributed by atoms with E-state index in [1.165, 1.54) is 12.8 Å². The smallest absolute Gasteiger partial charge is 0.0722 e. The van der Waals surface area contributed by atoms with Gasteiger partial charge < -0.3 is 10.1 Å². The highest BCUT2D eigenvalue weighted by Crippen LogP contribution is 2.19. The standard InChI is InChI=1S/C12H25NO/c1-9(2)8-14-12(10(3)4)7-13-11-5-6-11/h9-13H,5-8H2,1-4H3. The zero-order valence-corrected chi connectivity index (χ0v) is 10.0. The maximum Gasteiger partial charge on any atom is 0.0722 e. The Labute approximate surface area is 88.4 Å². The van der Waals surface area contributed by atoms with Gasteiger partial charge in [0.15, 0.2) is 0 Å². The van der Waals surface area contributed by atoms with Gasteiger partial charge in [-0.25, -0.2) is 0 Å². The van der Waals surface area contributed by atoms with Gasteiger partial charge in [-0.15, -0.1) is 0 Å². The summed E-state index contributed by atoms with van der Waals surface area (Å²) in [6.45, 7) is 10.8. The van der Waals surface area contributed by atoms with Gasteiger partial charge in [0.2, 0.25) is 0 Å². The number of ether oxygens (including phenoxy) is 1. The van der Waals surface area contributed by atoms with Crippen molar-refractivity contribution in [1.82, 2.24) is 5.32 Å². The lowest BCUT2D eigenvalue weighted by Crippen LogP contribution is -2.35. The molecule has 1 aliphatic carbocycles. The summed E-state index contributed by atoms with van der Waals surface area (Å²) in [5, 5.41) is 3.54. The normalized spacial score (nSPS) is 19.3. The van der Waals surface area contributed by atoms with Gasteiger partial charge in [0.05, 0.1) is 6.10 Å². The Morgan fingerprint density at radius 1 is 1.21 bits per heavy atom. The number of hydrogen-bond donors (Lipinski definition) is 1. The van der Waals surface area contributed by atoms with Crippen LogP contribution < -0.4 is 5.32 Å². The molecule has 1 atom stereocenters. The highest BCUT2D eigenvalue weighted by molar-refractivity contribution is 4.82. The summed E-state index contributed by atoms with van der Waals surface area (Å²) >= 11 is 0. The first-order valence-corrected chi connectivity index (χ1v) is 5.94. The molecule has 1 unspecified atom stereocenters. The van der Waals surface area contributed by atoms with Crippen molar-refractivity contribution in [2.45, 2.75) is 52.7 Å². The Bertz CT molecular complexity index is 146. The van der Waals surface area contributed by atoms with E-state index in [0.29, 0.717) is 17.9 Å². The van der Waals surface area contributed by atoms with Gasteiger partial charge in [0.25, 0.3) is 0 Å². The molecule has 0 radical (unpaired) electrons. The van der Waals surface area contributed by atoms with Crippen LogP contribution in [0.1, 0.15) is 40.5 Å². The van der Waals surface area contributed by atoms with Gasteiger partial charge in [-0.05, 0) is 24.7 Å². The molecular weight excluding hydrogens is 174 g/mol. The minimum Gasteiger partial charge on any atom is -0.376 e. The first kappa shape index (κ1) is 12.0. The Hall–Kier alpha value is -0.0800. The van der Waals surface area contributed by atoms with E-state index in [1.54, 1.807) is 0 Å². The molecule has 0 saturated heterocycles. The molecule has 0 bridgehead atoms. The van der Waals surface area contributed by atoms with Crippen molar-refractivity contribution in [3.8, 4) is 0 Å². The Morgan fingerprint density at radius 2 is 1.86 bits per heavy atom. The SMILES string of the molecule is CC(C)COC(CNC1CC1)C(C)C. The van der Waals surface area contributed by atoms with Crippen LogP contribution in [0, 0.1) is 11.8 Å². The van der Waals surface area contributed by atoms with Crippen molar-refractivity contribution in [2.24, 2.45) is 11.8 Å². The van der Waals surface area contributed by atoms with Crippen molar-refractivity contribution >= 4 is 0 Å². The van der Waals surface area contributed by atoms with Gasteiger partial charge >= 0.3 is 0 Å². The van der Waals surface area contributed by atoms with Crippen LogP contribution in [0.2, 0.25) is 0 Å². The third-order valence-electron chi connectivity index (χ3n) is 2.57. The van der Waals surface area contributed by atoms with Crippen molar-refractivity contribution < 1.29 is 4.74 Å². The lowest BCUT2D eigenvalue weighted by atomic mass is 10.1. The van der Waals surface area contributed by atoms with Crippen LogP contribution in [0.15, 0.2) is 0 Å². The highest BCUT2D eigenvalue weighted by atomic mass is 16.5. The third kappa shape index (κ3) is 4.97. The minimum atomic E-state index is 0.387. The summed E-state index contributed by atoms with van der Waals surface area (Å²) in [5.41, 5.74) is 0. The second-order valence-electron chi connectivity index (χ2n) is 5.19. The average molecular weight is 199 g/mol. The Balaban J connectivity index is 2.15. The molecule has 0 aliphatic heterocycles. The molecule has 84 valence electrons. The van der Waals surface area contributed by atoms with Gasteiger partial charge in [-0.3, -0.25) is 0 Å². The number of nitrogens with one attached hydrogen (secondary N) is 1. The fourth-order valence-corrected chi connectivity index (χ4v) is 1.37. The molecule has 0 aromatic heterocycles. The summed E-state index contributed by atoms with van der Waals surface area (Å²) in [6.07, 6.45) is 3.10. The van der Waals surface area contributed by atoms with Crippen molar-refractivity contribution in [1.29, 1.82) is 0 Å². The first-order valence-electron chi connectivity index (χ1n) is 5.94. The van der Waals surface area contributed by atoms with E-state index in [1.807, 2.05) is 0 Å². The van der Waals surface area contributed by atoms with Gasteiger partial charge in [0.1, 0.15) is 0 Å². The van der Waals surface area contributed by atoms with E-state index in [0.717, 1.165) is 19.2 Å². The molecule has 2 nitrogen and oxygen atoms in total. The molecule has 1 fully saturated rings. The summed E-state index contributed by atoms with van der Waals surface area (Å²) < 4.78 is 5.88. The predicted molar refractivity (Wildman–Crippen MR) is 60.4 cm³/mol. The van der Waals surface area contributed by atoms with Crippen LogP contribution >= 0.6 is 0 Å². The lowest BCUT2D eigenvalue weighted by Gasteiger charge is -2.23. The second-order valence-corrected chi connectivity index (χ2v) is 5.19. The molecule has 0 spiro atoms. The van der Waals surface area contributed by atoms with Crippen molar-refractivity contribution in [2.75, 3.05) is 13.2 Å². The average Bonchev–Trinajstić information content (AvgIpc) is 2.86. The summed E-state index contributed by atoms with van der Waals surface area (Å²) in [7, 11) is 0. The molecule has 0 aromatic carbocycles. The minimum absolute atomic E-state index is 0.387. The zero-order valence-electron chi connectivity index (χ0n) is 10.0. The lowest BCUT2D eigenvalue weighted by molar-refractivity contribution is 0.00827. The van der Waals surface area contributed by atoms with Crippen LogP contribution in [0.5, 0.6) is 0 Å². The van der Waals surface area contributed by atoms with Crippen molar-refractivity contribution in [3.63, 3.8) is 0 Å². The van der Waals surface area contributed by atoms with Crippen LogP contribution in [0.4, 0.5) is 0 Å². The molecule has 14 heavy (non-hydrogen) atoms. The van der Waals surface area contributed by atoms with Gasteiger partial charge in [0, 0.05) is 19.2 Å². The number of rotatable bonds is 7. The zero-order chi connectivity index (χ0) is 10.6. The quantitative estimate of drug-likeness (QED) is 0.680. The van der Waals surface area contributed by atoms with Gasteiger partial charge in [-0.1, -0.05) is 27.7 Å². The monoisotopic (exact) mass is 199 g/mol. The molecule has 0 amide bonds. The first-order chi connectivity index (χ1) is 6.59. The molecule has 0 heterocycles. The second kappa shape index (κ2) is 5.72. The van der Waals surface area contributed by atoms with E-state index >= 15 is 0 Å². The topological polar surface area (TPSA) is 21.3 Å². The molecule has 1 N–H and O–H groups in total. The summed E-state index contributed by atoms with van der Waals surface area (Å²) in [5.74, 6) is 1.25. The third-order valence-corrected chi connectivity index (χ3v) is 2.57. The maximum atomic E-state index is 5.88. The molecule has 0 aromatic rings. The molecular formula is C12H25NO. The molecule has 1 aliphatic rings. The van der Waals surface area contributed by atoms with E-state index in [4.69, 9.17) is 4.74 Å². The fourth-order valence-electron chi connectivity index (χ4n) is 1.37. The number of hydrogen-bond acceptors (Lipinski definition) is 2. The highest BCUT2D eigenvalue weighted by Gasteiger charge is 2.23. The fraction of sp³-hybridized carbons (Fsp3) is 1.00. The van der Waals surface area contributed by atoms with Crippen LogP contribution in [0.3, 0.4) is 0 Å². The van der Waals surface area contributed by atoms with E-state index in [9.17, 15) is 0 Å². The predicted octanol–water partition coefficient (Wildman–Crippen LogP) is 2.44. The van der Waals surface area contributed by atoms with Gasteiger partial charge in [-0.2, -0.15) is 0 Å². The van der Waals surface area contributed by atoms with E-state index in [-0.39, 0.29) is 0 Å². The Kier molecular flexibility index (Phi) is 4.90. The van der Waals surface area contributed by atoms with Crippen LogP contribution in [-0.2, 0) is 4.74 Å². The molecule has 1 saturated carbocycles. The largest absolute Gasteiger partial charge is 0.376 e. The van der Waals surface area contributed by atoms with Crippen molar-refractivity contribution in [3.05, 3.63) is 0 Å². The molecule has 2 heteroatoms. The van der Waals surface area contributed by atoms with Crippen LogP contribution in [0.25, 0.3) is 0 Å². The summed E-state index contributed by atoms with van der Waals surface area (Å²) in [4.78, 5) is 0. The van der Waals surface area contributed by atoms with E-state index in [2.05, 4.69) is 33.0 Å². The summed E-state index contributed by atoms with van der Waals surface area (Å²) in [6, 6.07) is 0.791. The Morgan fingerprint density at radius 3 is 2.29 bits per heavy atom. The van der Waals surface area contributed by atoms with Crippen LogP contribution in [-0.4, -0.2) is 25.3 Å². The van der Waals surface area contributed by atoms with E-state index < -0.39 is 0 Å².